The minimum atomic E-state index is -0.490. The van der Waals surface area contributed by atoms with E-state index in [1.807, 2.05) is 91.0 Å². The highest BCUT2D eigenvalue weighted by Gasteiger charge is 2.37. The smallest absolute Gasteiger partial charge is 0.312 e. The molecule has 0 bridgehead atoms. The van der Waals surface area contributed by atoms with E-state index in [-0.39, 0.29) is 18.3 Å². The van der Waals surface area contributed by atoms with Crippen LogP contribution in [0.1, 0.15) is 23.7 Å². The van der Waals surface area contributed by atoms with Crippen molar-refractivity contribution in [3.8, 4) is 0 Å². The summed E-state index contributed by atoms with van der Waals surface area (Å²) < 4.78 is 5.92. The first-order chi connectivity index (χ1) is 13.7. The zero-order valence-corrected chi connectivity index (χ0v) is 15.4. The molecule has 1 heterocycles. The van der Waals surface area contributed by atoms with Crippen LogP contribution in [0.2, 0.25) is 0 Å². The molecule has 3 aromatic carbocycles. The van der Waals surface area contributed by atoms with Crippen LogP contribution in [-0.2, 0) is 14.3 Å². The van der Waals surface area contributed by atoms with Gasteiger partial charge in [0.25, 0.3) is 0 Å². The second-order valence-corrected chi connectivity index (χ2v) is 6.88. The summed E-state index contributed by atoms with van der Waals surface area (Å²) in [7, 11) is 0. The van der Waals surface area contributed by atoms with E-state index in [2.05, 4.69) is 0 Å². The molecule has 1 saturated heterocycles. The summed E-state index contributed by atoms with van der Waals surface area (Å²) in [6, 6.07) is 28.8. The predicted molar refractivity (Wildman–Crippen MR) is 108 cm³/mol. The van der Waals surface area contributed by atoms with Crippen LogP contribution in [0.5, 0.6) is 0 Å². The van der Waals surface area contributed by atoms with E-state index in [0.29, 0.717) is 6.54 Å². The van der Waals surface area contributed by atoms with E-state index in [0.717, 1.165) is 16.8 Å². The van der Waals surface area contributed by atoms with Crippen LogP contribution in [0.25, 0.3) is 0 Å². The van der Waals surface area contributed by atoms with Gasteiger partial charge in [0.15, 0.2) is 6.10 Å². The molecule has 4 rings (SSSR count). The maximum absolute atomic E-state index is 12.9. The highest BCUT2D eigenvalue weighted by Crippen LogP contribution is 2.30. The van der Waals surface area contributed by atoms with Crippen molar-refractivity contribution in [2.75, 3.05) is 11.4 Å². The van der Waals surface area contributed by atoms with Crippen LogP contribution in [0, 0.1) is 5.92 Å². The number of nitrogens with zero attached hydrogens (tertiary/aromatic N) is 1. The number of carbonyl (C=O) groups excluding carboxylic acids is 2. The molecule has 1 aliphatic rings. The topological polar surface area (TPSA) is 46.6 Å². The van der Waals surface area contributed by atoms with Crippen molar-refractivity contribution in [1.29, 1.82) is 0 Å². The van der Waals surface area contributed by atoms with Gasteiger partial charge in [-0.15, -0.1) is 0 Å². The van der Waals surface area contributed by atoms with E-state index in [9.17, 15) is 9.59 Å². The van der Waals surface area contributed by atoms with Gasteiger partial charge in [-0.1, -0.05) is 78.9 Å². The number of rotatable bonds is 5. The Kier molecular flexibility index (Phi) is 5.20. The van der Waals surface area contributed by atoms with Crippen molar-refractivity contribution in [3.63, 3.8) is 0 Å². The molecule has 4 heteroatoms. The van der Waals surface area contributed by atoms with Crippen molar-refractivity contribution < 1.29 is 14.3 Å². The molecular formula is C24H21NO3. The van der Waals surface area contributed by atoms with Crippen LogP contribution in [0.4, 0.5) is 5.69 Å². The number of hydrogen-bond acceptors (Lipinski definition) is 3. The average Bonchev–Trinajstić information content (AvgIpc) is 3.15. The molecule has 1 aliphatic heterocycles. The third kappa shape index (κ3) is 3.81. The van der Waals surface area contributed by atoms with Gasteiger partial charge in [-0.25, -0.2) is 0 Å². The van der Waals surface area contributed by atoms with Gasteiger partial charge in [0, 0.05) is 18.7 Å². The fourth-order valence-corrected chi connectivity index (χ4v) is 3.52. The zero-order chi connectivity index (χ0) is 19.3. The summed E-state index contributed by atoms with van der Waals surface area (Å²) in [5, 5.41) is 0. The Morgan fingerprint density at radius 2 is 1.32 bits per heavy atom. The number of amides is 1. The molecule has 28 heavy (non-hydrogen) atoms. The summed E-state index contributed by atoms with van der Waals surface area (Å²) in [5.41, 5.74) is 2.63. The number of esters is 1. The van der Waals surface area contributed by atoms with Crippen molar-refractivity contribution in [3.05, 3.63) is 102 Å². The maximum atomic E-state index is 12.9. The van der Waals surface area contributed by atoms with Crippen molar-refractivity contribution in [2.45, 2.75) is 12.5 Å². The molecule has 140 valence electrons. The normalized spacial score (nSPS) is 16.4. The lowest BCUT2D eigenvalue weighted by atomic mass is 10.0. The second kappa shape index (κ2) is 8.09. The number of ether oxygens (including phenoxy) is 1. The highest BCUT2D eigenvalue weighted by atomic mass is 16.5. The third-order valence-corrected chi connectivity index (χ3v) is 4.96. The molecule has 1 atom stereocenters. The molecule has 0 aromatic heterocycles. The van der Waals surface area contributed by atoms with Gasteiger partial charge in [-0.3, -0.25) is 9.59 Å². The van der Waals surface area contributed by atoms with Gasteiger partial charge in [0.2, 0.25) is 5.91 Å². The third-order valence-electron chi connectivity index (χ3n) is 4.96. The summed E-state index contributed by atoms with van der Waals surface area (Å²) in [6.07, 6.45) is -0.319. The number of benzene rings is 3. The molecule has 0 spiro atoms. The van der Waals surface area contributed by atoms with E-state index in [1.165, 1.54) is 0 Å². The first-order valence-corrected chi connectivity index (χ1v) is 9.38. The zero-order valence-electron chi connectivity index (χ0n) is 15.4. The van der Waals surface area contributed by atoms with Gasteiger partial charge >= 0.3 is 5.97 Å². The van der Waals surface area contributed by atoms with Crippen molar-refractivity contribution >= 4 is 17.6 Å². The van der Waals surface area contributed by atoms with E-state index in [1.54, 1.807) is 4.90 Å². The van der Waals surface area contributed by atoms with Gasteiger partial charge in [0.1, 0.15) is 0 Å². The van der Waals surface area contributed by atoms with Gasteiger partial charge < -0.3 is 9.64 Å². The number of hydrogen-bond donors (Lipinski definition) is 0. The standard InChI is InChI=1S/C24H21NO3/c26-22-16-20(17-25(22)21-14-8-3-9-15-21)24(27)28-23(18-10-4-1-5-11-18)19-12-6-2-7-13-19/h1-15,20,23H,16-17H2. The Morgan fingerprint density at radius 1 is 0.821 bits per heavy atom. The van der Waals surface area contributed by atoms with Gasteiger partial charge in [-0.2, -0.15) is 0 Å². The lowest BCUT2D eigenvalue weighted by Crippen LogP contribution is -2.27. The number of anilines is 1. The van der Waals surface area contributed by atoms with Gasteiger partial charge in [-0.05, 0) is 23.3 Å². The Morgan fingerprint density at radius 3 is 1.86 bits per heavy atom. The molecule has 3 aromatic rings. The predicted octanol–water partition coefficient (Wildman–Crippen LogP) is 4.37. The monoisotopic (exact) mass is 371 g/mol. The first kappa shape index (κ1) is 18.0. The molecule has 4 nitrogen and oxygen atoms in total. The Bertz CT molecular complexity index is 902. The van der Waals surface area contributed by atoms with Crippen LogP contribution in [0.3, 0.4) is 0 Å². The van der Waals surface area contributed by atoms with Crippen LogP contribution in [-0.4, -0.2) is 18.4 Å². The van der Waals surface area contributed by atoms with Gasteiger partial charge in [0.05, 0.1) is 5.92 Å². The first-order valence-electron chi connectivity index (χ1n) is 9.38. The van der Waals surface area contributed by atoms with Crippen LogP contribution < -0.4 is 4.90 Å². The largest absolute Gasteiger partial charge is 0.452 e. The summed E-state index contributed by atoms with van der Waals surface area (Å²) in [6.45, 7) is 0.345. The quantitative estimate of drug-likeness (QED) is 0.626. The molecule has 0 saturated carbocycles. The van der Waals surface area contributed by atoms with Crippen molar-refractivity contribution in [2.24, 2.45) is 5.92 Å². The van der Waals surface area contributed by atoms with Crippen molar-refractivity contribution in [1.82, 2.24) is 0 Å². The summed E-state index contributed by atoms with van der Waals surface area (Å²) in [5.74, 6) is -0.865. The second-order valence-electron chi connectivity index (χ2n) is 6.88. The lowest BCUT2D eigenvalue weighted by molar-refractivity contribution is -0.152. The Hall–Kier alpha value is -3.40. The molecule has 0 radical (unpaired) electrons. The molecular weight excluding hydrogens is 350 g/mol. The van der Waals surface area contributed by atoms with Crippen LogP contribution in [0.15, 0.2) is 91.0 Å². The minimum absolute atomic E-state index is 0.0517. The Balaban J connectivity index is 1.53. The van der Waals surface area contributed by atoms with E-state index >= 15 is 0 Å². The van der Waals surface area contributed by atoms with E-state index in [4.69, 9.17) is 4.74 Å². The fourth-order valence-electron chi connectivity index (χ4n) is 3.52. The maximum Gasteiger partial charge on any atom is 0.312 e. The Labute approximate surface area is 164 Å². The summed E-state index contributed by atoms with van der Waals surface area (Å²) >= 11 is 0. The minimum Gasteiger partial charge on any atom is -0.452 e. The van der Waals surface area contributed by atoms with Crippen LogP contribution >= 0.6 is 0 Å². The summed E-state index contributed by atoms with van der Waals surface area (Å²) in [4.78, 5) is 27.0. The number of para-hydroxylation sites is 1. The molecule has 0 N–H and O–H groups in total. The van der Waals surface area contributed by atoms with E-state index < -0.39 is 12.0 Å². The highest BCUT2D eigenvalue weighted by molar-refractivity contribution is 5.99. The fraction of sp³-hybridized carbons (Fsp3) is 0.167. The SMILES string of the molecule is O=C(OC(c1ccccc1)c1ccccc1)C1CC(=O)N(c2ccccc2)C1. The molecule has 1 unspecified atom stereocenters. The average molecular weight is 371 g/mol. The molecule has 0 aliphatic carbocycles. The lowest BCUT2D eigenvalue weighted by Gasteiger charge is -2.21. The number of carbonyl (C=O) groups is 2. The molecule has 1 fully saturated rings. The molecule has 1 amide bonds.